The highest BCUT2D eigenvalue weighted by atomic mass is 16.4. The second-order valence-corrected chi connectivity index (χ2v) is 4.83. The van der Waals surface area contributed by atoms with Gasteiger partial charge >= 0.3 is 6.01 Å². The van der Waals surface area contributed by atoms with Gasteiger partial charge in [0, 0.05) is 13.1 Å². The minimum absolute atomic E-state index is 0.313. The Hall–Kier alpha value is -1.10. The molecule has 0 spiro atoms. The molecule has 1 saturated heterocycles. The predicted octanol–water partition coefficient (Wildman–Crippen LogP) is 1.54. The first kappa shape index (κ1) is 11.4. The van der Waals surface area contributed by atoms with Gasteiger partial charge < -0.3 is 15.1 Å². The fourth-order valence-electron chi connectivity index (χ4n) is 2.05. The van der Waals surface area contributed by atoms with Crippen LogP contribution in [0.2, 0.25) is 0 Å². The molecule has 1 fully saturated rings. The number of anilines is 1. The topological polar surface area (TPSA) is 68.2 Å². The normalized spacial score (nSPS) is 20.1. The molecule has 1 aliphatic rings. The Balaban J connectivity index is 1.98. The maximum atomic E-state index is 5.45. The third-order valence-electron chi connectivity index (χ3n) is 3.73. The molecule has 0 aromatic carbocycles. The van der Waals surface area contributed by atoms with Crippen molar-refractivity contribution in [1.82, 2.24) is 10.2 Å². The molecule has 0 aliphatic carbocycles. The van der Waals surface area contributed by atoms with Crippen LogP contribution in [0.25, 0.3) is 0 Å². The summed E-state index contributed by atoms with van der Waals surface area (Å²) >= 11 is 0. The van der Waals surface area contributed by atoms with Gasteiger partial charge in [0.15, 0.2) is 0 Å². The number of piperidine rings is 1. The third kappa shape index (κ3) is 2.19. The first-order chi connectivity index (χ1) is 7.67. The number of aromatic nitrogens is 2. The zero-order valence-corrected chi connectivity index (χ0v) is 10.1. The van der Waals surface area contributed by atoms with E-state index in [1.54, 1.807) is 0 Å². The molecule has 2 rings (SSSR count). The van der Waals surface area contributed by atoms with Gasteiger partial charge in [-0.05, 0) is 18.3 Å². The van der Waals surface area contributed by atoms with Crippen molar-refractivity contribution >= 4 is 6.01 Å². The number of rotatable bonds is 3. The van der Waals surface area contributed by atoms with E-state index in [2.05, 4.69) is 28.9 Å². The zero-order valence-electron chi connectivity index (χ0n) is 10.1. The summed E-state index contributed by atoms with van der Waals surface area (Å²) in [5.41, 5.74) is 5.92. The smallest absolute Gasteiger partial charge is 0.318 e. The van der Waals surface area contributed by atoms with Crippen LogP contribution in [-0.4, -0.2) is 23.3 Å². The van der Waals surface area contributed by atoms with Gasteiger partial charge in [0.2, 0.25) is 5.89 Å². The van der Waals surface area contributed by atoms with Crippen molar-refractivity contribution in [2.24, 2.45) is 11.1 Å². The fraction of sp³-hybridized carbons (Fsp3) is 0.818. The van der Waals surface area contributed by atoms with Gasteiger partial charge in [-0.25, -0.2) is 0 Å². The maximum absolute atomic E-state index is 5.45. The molecule has 2 heterocycles. The Morgan fingerprint density at radius 3 is 2.56 bits per heavy atom. The van der Waals surface area contributed by atoms with Gasteiger partial charge in [-0.1, -0.05) is 25.4 Å². The van der Waals surface area contributed by atoms with Gasteiger partial charge in [0.1, 0.15) is 0 Å². The summed E-state index contributed by atoms with van der Waals surface area (Å²) in [6.07, 6.45) is 3.60. The van der Waals surface area contributed by atoms with Gasteiger partial charge in [-0.3, -0.25) is 0 Å². The highest BCUT2D eigenvalue weighted by Gasteiger charge is 2.30. The van der Waals surface area contributed by atoms with Crippen LogP contribution in [0.4, 0.5) is 6.01 Å². The van der Waals surface area contributed by atoms with Crippen molar-refractivity contribution in [2.45, 2.75) is 39.7 Å². The van der Waals surface area contributed by atoms with Gasteiger partial charge in [0.05, 0.1) is 6.54 Å². The second-order valence-electron chi connectivity index (χ2n) is 4.83. The van der Waals surface area contributed by atoms with E-state index in [1.807, 2.05) is 0 Å². The monoisotopic (exact) mass is 224 g/mol. The van der Waals surface area contributed by atoms with Crippen molar-refractivity contribution in [3.8, 4) is 0 Å². The van der Waals surface area contributed by atoms with Crippen LogP contribution in [0.3, 0.4) is 0 Å². The standard InChI is InChI=1S/C11H20N4O/c1-3-11(2)4-6-15(7-5-11)10-14-13-9(8-12)16-10/h3-8,12H2,1-2H3. The van der Waals surface area contributed by atoms with Crippen LogP contribution in [0.5, 0.6) is 0 Å². The second kappa shape index (κ2) is 4.41. The van der Waals surface area contributed by atoms with E-state index in [4.69, 9.17) is 10.2 Å². The van der Waals surface area contributed by atoms with Crippen molar-refractivity contribution in [3.05, 3.63) is 5.89 Å². The lowest BCUT2D eigenvalue weighted by Gasteiger charge is -2.37. The lowest BCUT2D eigenvalue weighted by Crippen LogP contribution is -2.38. The SMILES string of the molecule is CCC1(C)CCN(c2nnc(CN)o2)CC1. The first-order valence-corrected chi connectivity index (χ1v) is 5.94. The molecule has 1 aromatic heterocycles. The maximum Gasteiger partial charge on any atom is 0.318 e. The van der Waals surface area contributed by atoms with Crippen LogP contribution in [0.15, 0.2) is 4.42 Å². The minimum Gasteiger partial charge on any atom is -0.407 e. The van der Waals surface area contributed by atoms with E-state index in [9.17, 15) is 0 Å². The lowest BCUT2D eigenvalue weighted by molar-refractivity contribution is 0.233. The van der Waals surface area contributed by atoms with Crippen molar-refractivity contribution in [2.75, 3.05) is 18.0 Å². The van der Waals surface area contributed by atoms with Crippen molar-refractivity contribution in [3.63, 3.8) is 0 Å². The Labute approximate surface area is 96.0 Å². The minimum atomic E-state index is 0.313. The summed E-state index contributed by atoms with van der Waals surface area (Å²) in [4.78, 5) is 2.16. The molecular weight excluding hydrogens is 204 g/mol. The van der Waals surface area contributed by atoms with Gasteiger partial charge in [-0.2, -0.15) is 0 Å². The zero-order chi connectivity index (χ0) is 11.6. The summed E-state index contributed by atoms with van der Waals surface area (Å²) < 4.78 is 5.45. The summed E-state index contributed by atoms with van der Waals surface area (Å²) in [7, 11) is 0. The summed E-state index contributed by atoms with van der Waals surface area (Å²) in [5, 5.41) is 7.90. The summed E-state index contributed by atoms with van der Waals surface area (Å²) in [6.45, 7) is 6.92. The van der Waals surface area contributed by atoms with Crippen LogP contribution < -0.4 is 10.6 Å². The largest absolute Gasteiger partial charge is 0.407 e. The molecule has 1 aromatic rings. The van der Waals surface area contributed by atoms with E-state index in [-0.39, 0.29) is 0 Å². The molecule has 0 atom stereocenters. The molecule has 0 saturated carbocycles. The average molecular weight is 224 g/mol. The van der Waals surface area contributed by atoms with Gasteiger partial charge in [0.25, 0.3) is 0 Å². The number of nitrogens with two attached hydrogens (primary N) is 1. The molecule has 5 nitrogen and oxygen atoms in total. The quantitative estimate of drug-likeness (QED) is 0.843. The van der Waals surface area contributed by atoms with E-state index < -0.39 is 0 Å². The van der Waals surface area contributed by atoms with Crippen molar-refractivity contribution < 1.29 is 4.42 Å². The number of hydrogen-bond acceptors (Lipinski definition) is 5. The number of nitrogens with zero attached hydrogens (tertiary/aromatic N) is 3. The van der Waals surface area contributed by atoms with E-state index in [1.165, 1.54) is 19.3 Å². The predicted molar refractivity (Wildman–Crippen MR) is 62.0 cm³/mol. The van der Waals surface area contributed by atoms with Crippen LogP contribution >= 0.6 is 0 Å². The highest BCUT2D eigenvalue weighted by molar-refractivity contribution is 5.25. The highest BCUT2D eigenvalue weighted by Crippen LogP contribution is 2.35. The molecule has 0 amide bonds. The fourth-order valence-corrected chi connectivity index (χ4v) is 2.05. The number of hydrogen-bond donors (Lipinski definition) is 1. The molecule has 0 radical (unpaired) electrons. The molecule has 16 heavy (non-hydrogen) atoms. The molecule has 0 bridgehead atoms. The molecule has 0 unspecified atom stereocenters. The lowest BCUT2D eigenvalue weighted by atomic mass is 9.78. The molecule has 90 valence electrons. The Morgan fingerprint density at radius 1 is 1.38 bits per heavy atom. The van der Waals surface area contributed by atoms with Crippen molar-refractivity contribution in [1.29, 1.82) is 0 Å². The molecular formula is C11H20N4O. The van der Waals surface area contributed by atoms with E-state index >= 15 is 0 Å². The Bertz CT molecular complexity index is 342. The Kier molecular flexibility index (Phi) is 3.14. The van der Waals surface area contributed by atoms with E-state index in [0.29, 0.717) is 23.9 Å². The van der Waals surface area contributed by atoms with Gasteiger partial charge in [-0.15, -0.1) is 5.10 Å². The summed E-state index contributed by atoms with van der Waals surface area (Å²) in [6, 6.07) is 0.624. The van der Waals surface area contributed by atoms with Crippen LogP contribution in [0.1, 0.15) is 39.0 Å². The molecule has 2 N–H and O–H groups in total. The van der Waals surface area contributed by atoms with Crippen LogP contribution in [0, 0.1) is 5.41 Å². The molecule has 5 heteroatoms. The third-order valence-corrected chi connectivity index (χ3v) is 3.73. The first-order valence-electron chi connectivity index (χ1n) is 5.94. The summed E-state index contributed by atoms with van der Waals surface area (Å²) in [5.74, 6) is 0.513. The average Bonchev–Trinajstić information content (AvgIpc) is 2.79. The van der Waals surface area contributed by atoms with Crippen LogP contribution in [-0.2, 0) is 6.54 Å². The van der Waals surface area contributed by atoms with E-state index in [0.717, 1.165) is 13.1 Å². The molecule has 1 aliphatic heterocycles. The Morgan fingerprint density at radius 2 is 2.06 bits per heavy atom.